The molecule has 0 fully saturated rings. The number of aromatic nitrogens is 3. The Labute approximate surface area is 143 Å². The highest BCUT2D eigenvalue weighted by molar-refractivity contribution is 5.98. The number of rotatable bonds is 4. The summed E-state index contributed by atoms with van der Waals surface area (Å²) < 4.78 is 1.25. The van der Waals surface area contributed by atoms with Gasteiger partial charge in [0.2, 0.25) is 0 Å². The zero-order chi connectivity index (χ0) is 16.4. The van der Waals surface area contributed by atoms with Gasteiger partial charge in [-0.1, -0.05) is 6.08 Å². The van der Waals surface area contributed by atoms with Gasteiger partial charge < -0.3 is 15.5 Å². The van der Waals surface area contributed by atoms with Gasteiger partial charge >= 0.3 is 5.97 Å². The highest BCUT2D eigenvalue weighted by atomic mass is 35.5. The Morgan fingerprint density at radius 2 is 2.12 bits per heavy atom. The first kappa shape index (κ1) is 17.7. The molecule has 2 aromatic rings. The van der Waals surface area contributed by atoms with Gasteiger partial charge in [0.25, 0.3) is 5.91 Å². The predicted octanol–water partition coefficient (Wildman–Crippen LogP) is 1.63. The number of fused-ring (bicyclic) bond motifs is 1. The number of carbonyl (C=O) groups excluding carboxylic acids is 1. The fourth-order valence-corrected chi connectivity index (χ4v) is 2.74. The molecule has 0 aliphatic heterocycles. The Hall–Kier alpha value is -2.61. The van der Waals surface area contributed by atoms with Crippen molar-refractivity contribution in [3.05, 3.63) is 29.7 Å². The number of carboxylic acids is 1. The molecule has 128 valence electrons. The normalized spacial score (nSPS) is 13.9. The first-order valence-corrected chi connectivity index (χ1v) is 7.33. The SMILES string of the molecule is Cl.O=C(O)CNC(=O)c1c(O)cc(C2=CCCCC2)c2ncnn12. The van der Waals surface area contributed by atoms with Crippen LogP contribution in [0.5, 0.6) is 5.75 Å². The van der Waals surface area contributed by atoms with Crippen LogP contribution >= 0.6 is 12.4 Å². The number of amides is 1. The van der Waals surface area contributed by atoms with E-state index in [0.717, 1.165) is 36.8 Å². The van der Waals surface area contributed by atoms with Crippen LogP contribution in [-0.4, -0.2) is 43.2 Å². The average molecular weight is 353 g/mol. The molecule has 0 aromatic carbocycles. The van der Waals surface area contributed by atoms with E-state index in [-0.39, 0.29) is 23.9 Å². The van der Waals surface area contributed by atoms with Crippen LogP contribution in [0.4, 0.5) is 0 Å². The van der Waals surface area contributed by atoms with Crippen molar-refractivity contribution in [3.8, 4) is 5.75 Å². The first-order chi connectivity index (χ1) is 11.1. The van der Waals surface area contributed by atoms with E-state index in [1.165, 1.54) is 16.9 Å². The predicted molar refractivity (Wildman–Crippen MR) is 88.3 cm³/mol. The maximum Gasteiger partial charge on any atom is 0.322 e. The van der Waals surface area contributed by atoms with Crippen LogP contribution in [0.2, 0.25) is 0 Å². The largest absolute Gasteiger partial charge is 0.505 e. The summed E-state index contributed by atoms with van der Waals surface area (Å²) in [7, 11) is 0. The quantitative estimate of drug-likeness (QED) is 0.770. The van der Waals surface area contributed by atoms with E-state index in [1.54, 1.807) is 0 Å². The first-order valence-electron chi connectivity index (χ1n) is 7.33. The Morgan fingerprint density at radius 3 is 2.79 bits per heavy atom. The number of carboxylic acid groups (broad SMARTS) is 1. The van der Waals surface area contributed by atoms with Gasteiger partial charge in [-0.15, -0.1) is 12.4 Å². The molecule has 0 atom stereocenters. The van der Waals surface area contributed by atoms with Crippen LogP contribution in [0.3, 0.4) is 0 Å². The standard InChI is InChI=1S/C15H16N4O4.ClH/c20-11-6-10(9-4-2-1-3-5-9)14-17-8-18-19(14)13(11)15(23)16-7-12(21)22;/h4,6,8,20H,1-3,5,7H2,(H,16,23)(H,21,22);1H. The molecule has 0 saturated heterocycles. The van der Waals surface area contributed by atoms with E-state index in [9.17, 15) is 14.7 Å². The molecule has 0 saturated carbocycles. The molecule has 2 aromatic heterocycles. The molecular formula is C15H17ClN4O4. The monoisotopic (exact) mass is 352 g/mol. The molecule has 0 bridgehead atoms. The molecule has 8 nitrogen and oxygen atoms in total. The van der Waals surface area contributed by atoms with Crippen molar-refractivity contribution in [3.63, 3.8) is 0 Å². The van der Waals surface area contributed by atoms with Crippen LogP contribution in [0.1, 0.15) is 41.7 Å². The Balaban J connectivity index is 0.00000208. The Morgan fingerprint density at radius 1 is 1.33 bits per heavy atom. The summed E-state index contributed by atoms with van der Waals surface area (Å²) in [5.41, 5.74) is 2.16. The number of hydrogen-bond donors (Lipinski definition) is 3. The second-order valence-corrected chi connectivity index (χ2v) is 5.34. The number of pyridine rings is 1. The van der Waals surface area contributed by atoms with Gasteiger partial charge in [0.15, 0.2) is 11.3 Å². The molecule has 3 N–H and O–H groups in total. The van der Waals surface area contributed by atoms with Crippen molar-refractivity contribution >= 4 is 35.5 Å². The number of aliphatic carboxylic acids is 1. The van der Waals surface area contributed by atoms with Crippen molar-refractivity contribution in [2.45, 2.75) is 25.7 Å². The van der Waals surface area contributed by atoms with Gasteiger partial charge in [-0.2, -0.15) is 5.10 Å². The van der Waals surface area contributed by atoms with Crippen molar-refractivity contribution in [2.24, 2.45) is 0 Å². The topological polar surface area (TPSA) is 117 Å². The summed E-state index contributed by atoms with van der Waals surface area (Å²) in [5.74, 6) is -2.14. The summed E-state index contributed by atoms with van der Waals surface area (Å²) in [6, 6.07) is 1.50. The van der Waals surface area contributed by atoms with Gasteiger partial charge in [0.1, 0.15) is 18.6 Å². The summed E-state index contributed by atoms with van der Waals surface area (Å²) in [6.07, 6.45) is 7.46. The fraction of sp³-hybridized carbons (Fsp3) is 0.333. The lowest BCUT2D eigenvalue weighted by molar-refractivity contribution is -0.135. The average Bonchev–Trinajstić information content (AvgIpc) is 3.01. The summed E-state index contributed by atoms with van der Waals surface area (Å²) in [4.78, 5) is 26.9. The summed E-state index contributed by atoms with van der Waals surface area (Å²) in [6.45, 7) is -0.540. The number of carbonyl (C=O) groups is 2. The third-order valence-corrected chi connectivity index (χ3v) is 3.78. The van der Waals surface area contributed by atoms with Crippen LogP contribution in [0.25, 0.3) is 11.2 Å². The molecule has 0 spiro atoms. The van der Waals surface area contributed by atoms with E-state index in [0.29, 0.717) is 5.65 Å². The maximum atomic E-state index is 12.1. The van der Waals surface area contributed by atoms with Gasteiger partial charge in [-0.05, 0) is 37.3 Å². The summed E-state index contributed by atoms with van der Waals surface area (Å²) in [5, 5.41) is 25.1. The molecule has 0 radical (unpaired) electrons. The molecule has 24 heavy (non-hydrogen) atoms. The zero-order valence-corrected chi connectivity index (χ0v) is 13.5. The van der Waals surface area contributed by atoms with Gasteiger partial charge in [-0.3, -0.25) is 9.59 Å². The molecule has 1 aliphatic rings. The van der Waals surface area contributed by atoms with E-state index in [1.807, 2.05) is 0 Å². The minimum absolute atomic E-state index is 0. The lowest BCUT2D eigenvalue weighted by Crippen LogP contribution is -2.31. The zero-order valence-electron chi connectivity index (χ0n) is 12.7. The number of hydrogen-bond acceptors (Lipinski definition) is 5. The third kappa shape index (κ3) is 3.33. The van der Waals surface area contributed by atoms with E-state index < -0.39 is 18.4 Å². The van der Waals surface area contributed by atoms with E-state index >= 15 is 0 Å². The highest BCUT2D eigenvalue weighted by Gasteiger charge is 2.22. The van der Waals surface area contributed by atoms with Crippen LogP contribution in [0, 0.1) is 0 Å². The van der Waals surface area contributed by atoms with Gasteiger partial charge in [0.05, 0.1) is 0 Å². The van der Waals surface area contributed by atoms with Gasteiger partial charge in [-0.25, -0.2) is 9.50 Å². The molecular weight excluding hydrogens is 336 g/mol. The van der Waals surface area contributed by atoms with Crippen molar-refractivity contribution in [1.29, 1.82) is 0 Å². The highest BCUT2D eigenvalue weighted by Crippen LogP contribution is 2.32. The second-order valence-electron chi connectivity index (χ2n) is 5.34. The molecule has 1 amide bonds. The second kappa shape index (κ2) is 7.31. The lowest BCUT2D eigenvalue weighted by Gasteiger charge is -2.15. The molecule has 0 unspecified atom stereocenters. The Bertz CT molecular complexity index is 815. The molecule has 2 heterocycles. The lowest BCUT2D eigenvalue weighted by atomic mass is 9.94. The number of allylic oxidation sites excluding steroid dienone is 2. The minimum Gasteiger partial charge on any atom is -0.505 e. The van der Waals surface area contributed by atoms with Gasteiger partial charge in [0, 0.05) is 5.56 Å². The van der Waals surface area contributed by atoms with Crippen LogP contribution in [-0.2, 0) is 4.79 Å². The molecule has 3 rings (SSSR count). The van der Waals surface area contributed by atoms with Crippen LogP contribution < -0.4 is 5.32 Å². The number of aromatic hydroxyl groups is 1. The molecule has 1 aliphatic carbocycles. The van der Waals surface area contributed by atoms with Crippen molar-refractivity contribution < 1.29 is 19.8 Å². The van der Waals surface area contributed by atoms with Crippen LogP contribution in [0.15, 0.2) is 18.5 Å². The minimum atomic E-state index is -1.17. The number of nitrogens with one attached hydrogen (secondary N) is 1. The fourth-order valence-electron chi connectivity index (χ4n) is 2.74. The smallest absolute Gasteiger partial charge is 0.322 e. The Kier molecular flexibility index (Phi) is 5.40. The van der Waals surface area contributed by atoms with Crippen molar-refractivity contribution in [2.75, 3.05) is 6.54 Å². The summed E-state index contributed by atoms with van der Waals surface area (Å²) >= 11 is 0. The van der Waals surface area contributed by atoms with Crippen molar-refractivity contribution in [1.82, 2.24) is 19.9 Å². The van der Waals surface area contributed by atoms with E-state index in [4.69, 9.17) is 5.11 Å². The third-order valence-electron chi connectivity index (χ3n) is 3.78. The maximum absolute atomic E-state index is 12.1. The molecule has 9 heteroatoms. The number of halogens is 1. The van der Waals surface area contributed by atoms with E-state index in [2.05, 4.69) is 21.5 Å². The number of nitrogens with zero attached hydrogens (tertiary/aromatic N) is 3.